The number of anilines is 1. The van der Waals surface area contributed by atoms with Gasteiger partial charge in [0.2, 0.25) is 0 Å². The van der Waals surface area contributed by atoms with Gasteiger partial charge in [0.05, 0.1) is 11.3 Å². The highest BCUT2D eigenvalue weighted by molar-refractivity contribution is 6.07. The lowest BCUT2D eigenvalue weighted by Crippen LogP contribution is -2.16. The van der Waals surface area contributed by atoms with E-state index in [4.69, 9.17) is 0 Å². The quantitative estimate of drug-likeness (QED) is 0.743. The fourth-order valence-corrected chi connectivity index (χ4v) is 2.18. The summed E-state index contributed by atoms with van der Waals surface area (Å²) in [5.41, 5.74) is 1.30. The van der Waals surface area contributed by atoms with Gasteiger partial charge in [0.15, 0.2) is 5.78 Å². The summed E-state index contributed by atoms with van der Waals surface area (Å²) in [6, 6.07) is 10.2. The highest BCUT2D eigenvalue weighted by Gasteiger charge is 2.15. The number of halogens is 1. The summed E-state index contributed by atoms with van der Waals surface area (Å²) in [5, 5.41) is 13.4. The summed E-state index contributed by atoms with van der Waals surface area (Å²) in [6.45, 7) is 1.43. The molecule has 7 nitrogen and oxygen atoms in total. The van der Waals surface area contributed by atoms with Gasteiger partial charge in [0.1, 0.15) is 12.1 Å². The zero-order chi connectivity index (χ0) is 17.1. The van der Waals surface area contributed by atoms with Crippen molar-refractivity contribution in [2.24, 2.45) is 0 Å². The van der Waals surface area contributed by atoms with Gasteiger partial charge in [0.25, 0.3) is 5.91 Å². The largest absolute Gasteiger partial charge is 0.322 e. The van der Waals surface area contributed by atoms with Crippen molar-refractivity contribution in [3.8, 4) is 5.69 Å². The van der Waals surface area contributed by atoms with E-state index in [1.807, 2.05) is 0 Å². The molecule has 0 atom stereocenters. The minimum atomic E-state index is -0.561. The average molecular weight is 325 g/mol. The van der Waals surface area contributed by atoms with Crippen LogP contribution in [-0.2, 0) is 0 Å². The number of hydrogen-bond acceptors (Lipinski definition) is 5. The Bertz CT molecular complexity index is 909. The van der Waals surface area contributed by atoms with Crippen LogP contribution in [0, 0.1) is 5.82 Å². The number of tetrazole rings is 1. The monoisotopic (exact) mass is 325 g/mol. The van der Waals surface area contributed by atoms with Crippen molar-refractivity contribution in [3.63, 3.8) is 0 Å². The first kappa shape index (κ1) is 15.5. The fraction of sp³-hybridized carbons (Fsp3) is 0.0625. The maximum atomic E-state index is 13.6. The van der Waals surface area contributed by atoms with Crippen LogP contribution in [0.25, 0.3) is 5.69 Å². The molecule has 0 bridgehead atoms. The lowest BCUT2D eigenvalue weighted by atomic mass is 10.1. The first-order valence-corrected chi connectivity index (χ1v) is 7.00. The van der Waals surface area contributed by atoms with Gasteiger partial charge >= 0.3 is 0 Å². The summed E-state index contributed by atoms with van der Waals surface area (Å²) in [4.78, 5) is 23.9. The van der Waals surface area contributed by atoms with E-state index in [-0.39, 0.29) is 11.3 Å². The molecule has 1 aromatic heterocycles. The molecule has 0 spiro atoms. The van der Waals surface area contributed by atoms with Crippen molar-refractivity contribution < 1.29 is 14.0 Å². The van der Waals surface area contributed by atoms with E-state index in [1.165, 1.54) is 30.1 Å². The summed E-state index contributed by atoms with van der Waals surface area (Å²) >= 11 is 0. The van der Waals surface area contributed by atoms with Crippen LogP contribution in [-0.4, -0.2) is 31.9 Å². The molecule has 3 aromatic rings. The summed E-state index contributed by atoms with van der Waals surface area (Å²) < 4.78 is 14.8. The van der Waals surface area contributed by atoms with Gasteiger partial charge in [-0.25, -0.2) is 4.39 Å². The lowest BCUT2D eigenvalue weighted by molar-refractivity contribution is 0.101. The fourth-order valence-electron chi connectivity index (χ4n) is 2.18. The maximum absolute atomic E-state index is 13.6. The number of carbonyl (C=O) groups excluding carboxylic acids is 2. The van der Waals surface area contributed by atoms with Crippen molar-refractivity contribution in [3.05, 3.63) is 65.7 Å². The van der Waals surface area contributed by atoms with E-state index in [9.17, 15) is 14.0 Å². The Hall–Kier alpha value is -3.42. The molecule has 0 saturated carbocycles. The molecule has 24 heavy (non-hydrogen) atoms. The average Bonchev–Trinajstić information content (AvgIpc) is 3.09. The molecular weight excluding hydrogens is 313 g/mol. The van der Waals surface area contributed by atoms with Crippen molar-refractivity contribution in [2.75, 3.05) is 5.32 Å². The van der Waals surface area contributed by atoms with E-state index < -0.39 is 11.7 Å². The molecule has 1 amide bonds. The Kier molecular flexibility index (Phi) is 4.11. The normalized spacial score (nSPS) is 10.4. The molecule has 8 heteroatoms. The highest BCUT2D eigenvalue weighted by Crippen LogP contribution is 2.18. The van der Waals surface area contributed by atoms with Gasteiger partial charge in [-0.05, 0) is 47.7 Å². The molecule has 0 aliphatic carbocycles. The number of aromatic nitrogens is 4. The summed E-state index contributed by atoms with van der Waals surface area (Å²) in [6.07, 6.45) is 1.31. The third-order valence-electron chi connectivity index (χ3n) is 3.33. The Morgan fingerprint density at radius 3 is 2.71 bits per heavy atom. The van der Waals surface area contributed by atoms with Crippen LogP contribution >= 0.6 is 0 Å². The second-order valence-electron chi connectivity index (χ2n) is 5.01. The number of carbonyl (C=O) groups is 2. The molecule has 0 radical (unpaired) electrons. The van der Waals surface area contributed by atoms with Crippen molar-refractivity contribution in [1.82, 2.24) is 20.2 Å². The molecule has 0 fully saturated rings. The summed E-state index contributed by atoms with van der Waals surface area (Å²) in [7, 11) is 0. The van der Waals surface area contributed by atoms with Gasteiger partial charge in [-0.3, -0.25) is 9.59 Å². The number of rotatable bonds is 4. The maximum Gasteiger partial charge on any atom is 0.257 e. The minimum absolute atomic E-state index is 0.0653. The second-order valence-corrected chi connectivity index (χ2v) is 5.01. The van der Waals surface area contributed by atoms with Gasteiger partial charge in [0, 0.05) is 11.3 Å². The number of ketones is 1. The van der Waals surface area contributed by atoms with E-state index in [2.05, 4.69) is 20.8 Å². The van der Waals surface area contributed by atoms with Crippen LogP contribution in [0.5, 0.6) is 0 Å². The molecule has 0 aliphatic rings. The number of benzene rings is 2. The predicted molar refractivity (Wildman–Crippen MR) is 83.5 cm³/mol. The van der Waals surface area contributed by atoms with Crippen LogP contribution in [0.3, 0.4) is 0 Å². The molecule has 3 rings (SSSR count). The predicted octanol–water partition coefficient (Wildman–Crippen LogP) is 2.26. The molecule has 0 unspecified atom stereocenters. The molecule has 0 saturated heterocycles. The molecule has 120 valence electrons. The molecule has 0 aliphatic heterocycles. The van der Waals surface area contributed by atoms with Gasteiger partial charge < -0.3 is 5.32 Å². The Balaban J connectivity index is 1.94. The van der Waals surface area contributed by atoms with E-state index in [0.29, 0.717) is 16.9 Å². The first-order chi connectivity index (χ1) is 11.5. The van der Waals surface area contributed by atoms with E-state index >= 15 is 0 Å². The molecule has 1 N–H and O–H groups in total. The first-order valence-electron chi connectivity index (χ1n) is 7.00. The smallest absolute Gasteiger partial charge is 0.257 e. The Morgan fingerprint density at radius 2 is 2.00 bits per heavy atom. The Morgan fingerprint density at radius 1 is 1.17 bits per heavy atom. The highest BCUT2D eigenvalue weighted by atomic mass is 19.1. The topological polar surface area (TPSA) is 89.8 Å². The number of nitrogens with zero attached hydrogens (tertiary/aromatic N) is 4. The van der Waals surface area contributed by atoms with Crippen LogP contribution in [0.4, 0.5) is 10.1 Å². The number of nitrogens with one attached hydrogen (secondary N) is 1. The zero-order valence-corrected chi connectivity index (χ0v) is 12.6. The van der Waals surface area contributed by atoms with Gasteiger partial charge in [-0.1, -0.05) is 12.1 Å². The van der Waals surface area contributed by atoms with Crippen molar-refractivity contribution in [1.29, 1.82) is 0 Å². The lowest BCUT2D eigenvalue weighted by Gasteiger charge is -2.10. The molecular formula is C16H12FN5O2. The summed E-state index contributed by atoms with van der Waals surface area (Å²) in [5.74, 6) is -1.22. The molecule has 2 aromatic carbocycles. The van der Waals surface area contributed by atoms with Crippen LogP contribution < -0.4 is 5.32 Å². The SMILES string of the molecule is CC(=O)c1cccc(NC(=O)c2cc(F)ccc2-n2cnnn2)c1. The second kappa shape index (κ2) is 6.37. The van der Waals surface area contributed by atoms with Gasteiger partial charge in [-0.15, -0.1) is 5.10 Å². The van der Waals surface area contributed by atoms with Crippen LogP contribution in [0.15, 0.2) is 48.8 Å². The zero-order valence-electron chi connectivity index (χ0n) is 12.6. The number of amides is 1. The standard InChI is InChI=1S/C16H12FN5O2/c1-10(23)11-3-2-4-13(7-11)19-16(24)14-8-12(17)5-6-15(14)22-9-18-20-21-22/h2-9H,1H3,(H,19,24). The van der Waals surface area contributed by atoms with Crippen molar-refractivity contribution in [2.45, 2.75) is 6.92 Å². The van der Waals surface area contributed by atoms with Crippen molar-refractivity contribution >= 4 is 17.4 Å². The molecule has 1 heterocycles. The van der Waals surface area contributed by atoms with Crippen LogP contribution in [0.2, 0.25) is 0 Å². The Labute approximate surface area is 136 Å². The third-order valence-corrected chi connectivity index (χ3v) is 3.33. The van der Waals surface area contributed by atoms with Gasteiger partial charge in [-0.2, -0.15) is 4.68 Å². The van der Waals surface area contributed by atoms with Crippen LogP contribution in [0.1, 0.15) is 27.6 Å². The third kappa shape index (κ3) is 3.17. The van der Waals surface area contributed by atoms with E-state index in [0.717, 1.165) is 6.07 Å². The minimum Gasteiger partial charge on any atom is -0.322 e. The van der Waals surface area contributed by atoms with E-state index in [1.54, 1.807) is 24.3 Å². The number of hydrogen-bond donors (Lipinski definition) is 1. The number of Topliss-reactive ketones (excluding diaryl/α,β-unsaturated/α-hetero) is 1.